The molecule has 0 saturated carbocycles. The molecule has 0 atom stereocenters. The van der Waals surface area contributed by atoms with Crippen LogP contribution in [0.25, 0.3) is 22.0 Å². The number of aromatic nitrogens is 4. The molecule has 4 aromatic rings. The highest BCUT2D eigenvalue weighted by Crippen LogP contribution is 2.26. The number of nitrogens with zero attached hydrogens (tertiary/aromatic N) is 4. The normalized spacial score (nSPS) is 10.7. The van der Waals surface area contributed by atoms with Gasteiger partial charge in [-0.3, -0.25) is 9.97 Å². The first-order chi connectivity index (χ1) is 13.6. The number of benzene rings is 1. The van der Waals surface area contributed by atoms with Gasteiger partial charge in [0.05, 0.1) is 5.52 Å². The van der Waals surface area contributed by atoms with Crippen molar-refractivity contribution in [1.82, 2.24) is 25.1 Å². The molecule has 2 N–H and O–H groups in total. The molecule has 0 spiro atoms. The lowest BCUT2D eigenvalue weighted by Crippen LogP contribution is -2.29. The molecule has 28 heavy (non-hydrogen) atoms. The molecule has 0 saturated heterocycles. The van der Waals surface area contributed by atoms with Gasteiger partial charge in [0.2, 0.25) is 0 Å². The molecule has 0 aliphatic rings. The van der Waals surface area contributed by atoms with E-state index in [1.807, 2.05) is 12.1 Å². The minimum atomic E-state index is -1.20. The SMILES string of the molecule is O=C(O)c1nn(C(=O)NCc2cccnc2)c2ccc(-c3cccnc3)cc12. The molecule has 1 aromatic carbocycles. The van der Waals surface area contributed by atoms with Gasteiger partial charge in [-0.2, -0.15) is 9.78 Å². The average molecular weight is 373 g/mol. The Hall–Kier alpha value is -4.07. The van der Waals surface area contributed by atoms with E-state index in [-0.39, 0.29) is 12.2 Å². The van der Waals surface area contributed by atoms with Crippen LogP contribution < -0.4 is 5.32 Å². The lowest BCUT2D eigenvalue weighted by atomic mass is 10.0. The fourth-order valence-corrected chi connectivity index (χ4v) is 2.90. The van der Waals surface area contributed by atoms with E-state index < -0.39 is 12.0 Å². The van der Waals surface area contributed by atoms with Crippen molar-refractivity contribution in [2.24, 2.45) is 0 Å². The molecule has 0 radical (unpaired) electrons. The Morgan fingerprint density at radius 3 is 2.46 bits per heavy atom. The molecule has 0 fully saturated rings. The maximum absolute atomic E-state index is 12.6. The van der Waals surface area contributed by atoms with Crippen LogP contribution in [-0.4, -0.2) is 36.9 Å². The summed E-state index contributed by atoms with van der Waals surface area (Å²) in [5.41, 5.74) is 2.68. The standard InChI is InChI=1S/C20H15N5O3/c26-19(27)18-16-9-14(15-4-2-8-22-12-15)5-6-17(16)25(24-18)20(28)23-11-13-3-1-7-21-10-13/h1-10,12H,11H2,(H,23,28)(H,26,27). The monoisotopic (exact) mass is 373 g/mol. The summed E-state index contributed by atoms with van der Waals surface area (Å²) in [6.45, 7) is 0.254. The van der Waals surface area contributed by atoms with E-state index in [1.165, 1.54) is 0 Å². The number of nitrogens with one attached hydrogen (secondary N) is 1. The predicted octanol–water partition coefficient (Wildman–Crippen LogP) is 2.95. The molecule has 3 aromatic heterocycles. The highest BCUT2D eigenvalue weighted by Gasteiger charge is 2.20. The summed E-state index contributed by atoms with van der Waals surface area (Å²) < 4.78 is 1.07. The summed E-state index contributed by atoms with van der Waals surface area (Å²) in [4.78, 5) is 32.3. The van der Waals surface area contributed by atoms with Crippen molar-refractivity contribution >= 4 is 22.9 Å². The second-order valence-corrected chi connectivity index (χ2v) is 6.06. The fraction of sp³-hybridized carbons (Fsp3) is 0.0500. The van der Waals surface area contributed by atoms with Crippen molar-refractivity contribution in [3.63, 3.8) is 0 Å². The average Bonchev–Trinajstić information content (AvgIpc) is 3.13. The number of fused-ring (bicyclic) bond motifs is 1. The van der Waals surface area contributed by atoms with Crippen molar-refractivity contribution in [2.75, 3.05) is 0 Å². The minimum Gasteiger partial charge on any atom is -0.476 e. The zero-order valence-corrected chi connectivity index (χ0v) is 14.6. The first kappa shape index (κ1) is 17.3. The quantitative estimate of drug-likeness (QED) is 0.569. The third-order valence-corrected chi connectivity index (χ3v) is 4.24. The number of rotatable bonds is 4. The van der Waals surface area contributed by atoms with Crippen LogP contribution in [0.3, 0.4) is 0 Å². The van der Waals surface area contributed by atoms with Crippen molar-refractivity contribution in [2.45, 2.75) is 6.54 Å². The van der Waals surface area contributed by atoms with E-state index in [0.717, 1.165) is 21.4 Å². The molecule has 0 bridgehead atoms. The summed E-state index contributed by atoms with van der Waals surface area (Å²) in [5, 5.41) is 16.6. The van der Waals surface area contributed by atoms with Crippen molar-refractivity contribution in [3.8, 4) is 11.1 Å². The topological polar surface area (TPSA) is 110 Å². The number of pyridine rings is 2. The van der Waals surface area contributed by atoms with Crippen LogP contribution in [0.4, 0.5) is 4.79 Å². The molecule has 138 valence electrons. The summed E-state index contributed by atoms with van der Waals surface area (Å²) in [7, 11) is 0. The molecular formula is C20H15N5O3. The molecule has 8 heteroatoms. The smallest absolute Gasteiger partial charge is 0.357 e. The van der Waals surface area contributed by atoms with Crippen LogP contribution in [0, 0.1) is 0 Å². The van der Waals surface area contributed by atoms with Crippen LogP contribution >= 0.6 is 0 Å². The summed E-state index contributed by atoms with van der Waals surface area (Å²) in [6, 6.07) is 11.9. The zero-order valence-electron chi connectivity index (χ0n) is 14.6. The van der Waals surface area contributed by atoms with Gasteiger partial charge in [0, 0.05) is 42.3 Å². The molecular weight excluding hydrogens is 358 g/mol. The molecule has 0 aliphatic heterocycles. The number of carboxylic acids is 1. The van der Waals surface area contributed by atoms with Crippen molar-refractivity contribution in [3.05, 3.63) is 78.5 Å². The largest absolute Gasteiger partial charge is 0.476 e. The highest BCUT2D eigenvalue weighted by molar-refractivity contribution is 6.05. The molecule has 4 rings (SSSR count). The van der Waals surface area contributed by atoms with Gasteiger partial charge in [-0.25, -0.2) is 9.59 Å². The molecule has 8 nitrogen and oxygen atoms in total. The van der Waals surface area contributed by atoms with E-state index in [4.69, 9.17) is 0 Å². The van der Waals surface area contributed by atoms with Crippen molar-refractivity contribution in [1.29, 1.82) is 0 Å². The van der Waals surface area contributed by atoms with Gasteiger partial charge in [0.15, 0.2) is 5.69 Å². The van der Waals surface area contributed by atoms with Crippen LogP contribution in [0.2, 0.25) is 0 Å². The van der Waals surface area contributed by atoms with Crippen LogP contribution in [-0.2, 0) is 6.54 Å². The molecule has 1 amide bonds. The van der Waals surface area contributed by atoms with E-state index in [0.29, 0.717) is 10.9 Å². The summed E-state index contributed by atoms with van der Waals surface area (Å²) in [6.07, 6.45) is 6.64. The van der Waals surface area contributed by atoms with Crippen LogP contribution in [0.5, 0.6) is 0 Å². The number of amides is 1. The predicted molar refractivity (Wildman–Crippen MR) is 102 cm³/mol. The number of carboxylic acid groups (broad SMARTS) is 1. The Morgan fingerprint density at radius 1 is 1.00 bits per heavy atom. The van der Waals surface area contributed by atoms with Gasteiger partial charge in [-0.15, -0.1) is 0 Å². The maximum Gasteiger partial charge on any atom is 0.357 e. The lowest BCUT2D eigenvalue weighted by molar-refractivity contribution is 0.0692. The number of carbonyl (C=O) groups is 2. The second kappa shape index (κ2) is 7.28. The Bertz CT molecular complexity index is 1160. The first-order valence-electron chi connectivity index (χ1n) is 8.47. The number of carbonyl (C=O) groups excluding carboxylic acids is 1. The van der Waals surface area contributed by atoms with E-state index >= 15 is 0 Å². The van der Waals surface area contributed by atoms with E-state index in [9.17, 15) is 14.7 Å². The molecule has 3 heterocycles. The van der Waals surface area contributed by atoms with Gasteiger partial charge < -0.3 is 10.4 Å². The van der Waals surface area contributed by atoms with Crippen LogP contribution in [0.15, 0.2) is 67.3 Å². The van der Waals surface area contributed by atoms with Gasteiger partial charge in [-0.1, -0.05) is 18.2 Å². The van der Waals surface area contributed by atoms with Crippen molar-refractivity contribution < 1.29 is 14.7 Å². The highest BCUT2D eigenvalue weighted by atomic mass is 16.4. The van der Waals surface area contributed by atoms with Gasteiger partial charge in [0.1, 0.15) is 0 Å². The first-order valence-corrected chi connectivity index (χ1v) is 8.47. The Labute approximate surface area is 159 Å². The minimum absolute atomic E-state index is 0.183. The Kier molecular flexibility index (Phi) is 4.51. The van der Waals surface area contributed by atoms with Gasteiger partial charge in [0.25, 0.3) is 0 Å². The lowest BCUT2D eigenvalue weighted by Gasteiger charge is -2.06. The third kappa shape index (κ3) is 3.30. The Morgan fingerprint density at radius 2 is 1.79 bits per heavy atom. The van der Waals surface area contributed by atoms with Gasteiger partial charge >= 0.3 is 12.0 Å². The molecule has 0 aliphatic carbocycles. The van der Waals surface area contributed by atoms with Gasteiger partial charge in [-0.05, 0) is 35.4 Å². The molecule has 0 unspecified atom stereocenters. The van der Waals surface area contributed by atoms with Crippen LogP contribution in [0.1, 0.15) is 16.1 Å². The zero-order chi connectivity index (χ0) is 19.5. The maximum atomic E-state index is 12.6. The number of hydrogen-bond donors (Lipinski definition) is 2. The Balaban J connectivity index is 1.71. The summed E-state index contributed by atoms with van der Waals surface area (Å²) >= 11 is 0. The number of hydrogen-bond acceptors (Lipinski definition) is 5. The van der Waals surface area contributed by atoms with E-state index in [1.54, 1.807) is 55.1 Å². The number of aromatic carboxylic acids is 1. The van der Waals surface area contributed by atoms with E-state index in [2.05, 4.69) is 20.4 Å². The second-order valence-electron chi connectivity index (χ2n) is 6.06. The third-order valence-electron chi connectivity index (χ3n) is 4.24. The fourth-order valence-electron chi connectivity index (χ4n) is 2.90. The summed E-state index contributed by atoms with van der Waals surface area (Å²) in [5.74, 6) is -1.20.